The van der Waals surface area contributed by atoms with Gasteiger partial charge in [-0.05, 0) is 39.7 Å². The number of nitrogens with one attached hydrogen (secondary N) is 1. The normalized spacial score (nSPS) is 9.92. The van der Waals surface area contributed by atoms with Crippen LogP contribution in [0.25, 0.3) is 21.3 Å². The zero-order valence-corrected chi connectivity index (χ0v) is 8.12. The minimum atomic E-state index is 0.612. The maximum atomic E-state index is 8.27. The highest BCUT2D eigenvalue weighted by molar-refractivity contribution is 9.10. The van der Waals surface area contributed by atoms with Crippen LogP contribution in [0.1, 0.15) is 0 Å². The zero-order valence-electron chi connectivity index (χ0n) is 6.53. The van der Waals surface area contributed by atoms with Crippen molar-refractivity contribution in [2.75, 3.05) is 0 Å². The van der Waals surface area contributed by atoms with Gasteiger partial charge in [0.25, 0.3) is 0 Å². The van der Waals surface area contributed by atoms with Gasteiger partial charge in [0.05, 0.1) is 5.52 Å². The molecule has 0 saturated heterocycles. The molecule has 4 nitrogen and oxygen atoms in total. The van der Waals surface area contributed by atoms with Crippen LogP contribution in [0, 0.1) is 0 Å². The molecule has 0 aliphatic heterocycles. The number of halogens is 1. The smallest absolute Gasteiger partial charge is 0.0598 e. The van der Waals surface area contributed by atoms with E-state index in [1.54, 1.807) is 6.07 Å². The van der Waals surface area contributed by atoms with E-state index in [1.807, 2.05) is 18.3 Å². The van der Waals surface area contributed by atoms with E-state index in [4.69, 9.17) is 5.53 Å². The summed E-state index contributed by atoms with van der Waals surface area (Å²) >= 11 is 3.38. The summed E-state index contributed by atoms with van der Waals surface area (Å²) in [5, 5.41) is 4.56. The van der Waals surface area contributed by atoms with Gasteiger partial charge in [0, 0.05) is 26.7 Å². The molecule has 2 aromatic rings. The Bertz CT molecular complexity index is 496. The third-order valence-corrected chi connectivity index (χ3v) is 2.38. The fourth-order valence-corrected chi connectivity index (χ4v) is 1.80. The van der Waals surface area contributed by atoms with Crippen LogP contribution >= 0.6 is 15.9 Å². The molecule has 1 N–H and O–H groups in total. The van der Waals surface area contributed by atoms with Crippen LogP contribution in [0.4, 0.5) is 5.69 Å². The molecule has 13 heavy (non-hydrogen) atoms. The quantitative estimate of drug-likeness (QED) is 0.444. The largest absolute Gasteiger partial charge is 0.360 e. The van der Waals surface area contributed by atoms with Crippen molar-refractivity contribution in [3.63, 3.8) is 0 Å². The van der Waals surface area contributed by atoms with Gasteiger partial charge in [-0.3, -0.25) is 0 Å². The van der Waals surface area contributed by atoms with Crippen molar-refractivity contribution in [2.24, 2.45) is 5.11 Å². The van der Waals surface area contributed by atoms with Crippen molar-refractivity contribution < 1.29 is 0 Å². The van der Waals surface area contributed by atoms with E-state index in [0.717, 1.165) is 15.4 Å². The Hall–Kier alpha value is -1.45. The SMILES string of the molecule is [N-]=[N+]=Nc1cc(Br)c2[nH]ccc2c1. The first-order chi connectivity index (χ1) is 6.31. The van der Waals surface area contributed by atoms with Gasteiger partial charge in [-0.1, -0.05) is 5.11 Å². The first kappa shape index (κ1) is 8.16. The molecule has 0 spiro atoms. The molecular formula is C8H5BrN4. The number of aromatic amines is 1. The fraction of sp³-hybridized carbons (Fsp3) is 0. The zero-order chi connectivity index (χ0) is 9.26. The van der Waals surface area contributed by atoms with E-state index < -0.39 is 0 Å². The van der Waals surface area contributed by atoms with Gasteiger partial charge in [0.15, 0.2) is 0 Å². The number of hydrogen-bond acceptors (Lipinski definition) is 1. The summed E-state index contributed by atoms with van der Waals surface area (Å²) in [6.45, 7) is 0. The first-order valence-corrected chi connectivity index (χ1v) is 4.42. The van der Waals surface area contributed by atoms with Crippen molar-refractivity contribution >= 4 is 32.5 Å². The molecule has 0 atom stereocenters. The second-order valence-corrected chi connectivity index (χ2v) is 3.41. The number of H-pyrrole nitrogens is 1. The monoisotopic (exact) mass is 236 g/mol. The van der Waals surface area contributed by atoms with Crippen molar-refractivity contribution in [3.8, 4) is 0 Å². The molecule has 64 valence electrons. The Morgan fingerprint density at radius 2 is 2.31 bits per heavy atom. The summed E-state index contributed by atoms with van der Waals surface area (Å²) in [5.74, 6) is 0. The third-order valence-electron chi connectivity index (χ3n) is 1.76. The van der Waals surface area contributed by atoms with E-state index in [2.05, 4.69) is 30.9 Å². The van der Waals surface area contributed by atoms with Crippen LogP contribution in [0.15, 0.2) is 34.0 Å². The van der Waals surface area contributed by atoms with Crippen molar-refractivity contribution in [1.82, 2.24) is 4.98 Å². The molecule has 2 rings (SSSR count). The number of fused-ring (bicyclic) bond motifs is 1. The lowest BCUT2D eigenvalue weighted by atomic mass is 10.2. The molecule has 0 bridgehead atoms. The minimum Gasteiger partial charge on any atom is -0.360 e. The average molecular weight is 237 g/mol. The number of azide groups is 1. The van der Waals surface area contributed by atoms with Gasteiger partial charge in [0.2, 0.25) is 0 Å². The van der Waals surface area contributed by atoms with Crippen LogP contribution in [-0.2, 0) is 0 Å². The highest BCUT2D eigenvalue weighted by Gasteiger charge is 2.00. The average Bonchev–Trinajstić information content (AvgIpc) is 2.53. The Morgan fingerprint density at radius 3 is 3.08 bits per heavy atom. The predicted molar refractivity (Wildman–Crippen MR) is 54.8 cm³/mol. The van der Waals surface area contributed by atoms with E-state index in [9.17, 15) is 0 Å². The van der Waals surface area contributed by atoms with E-state index in [0.29, 0.717) is 5.69 Å². The maximum Gasteiger partial charge on any atom is 0.0598 e. The van der Waals surface area contributed by atoms with Crippen LogP contribution in [-0.4, -0.2) is 4.98 Å². The maximum absolute atomic E-state index is 8.27. The van der Waals surface area contributed by atoms with Crippen LogP contribution in [0.2, 0.25) is 0 Å². The van der Waals surface area contributed by atoms with Crippen molar-refractivity contribution in [1.29, 1.82) is 0 Å². The predicted octanol–water partition coefficient (Wildman–Crippen LogP) is 3.87. The first-order valence-electron chi connectivity index (χ1n) is 3.63. The Morgan fingerprint density at radius 1 is 1.46 bits per heavy atom. The summed E-state index contributed by atoms with van der Waals surface area (Å²) in [7, 11) is 0. The molecule has 0 radical (unpaired) electrons. The molecule has 5 heteroatoms. The number of hydrogen-bond donors (Lipinski definition) is 1. The highest BCUT2D eigenvalue weighted by atomic mass is 79.9. The Labute approximate surface area is 82.3 Å². The van der Waals surface area contributed by atoms with E-state index in [-0.39, 0.29) is 0 Å². The summed E-state index contributed by atoms with van der Waals surface area (Å²) < 4.78 is 0.900. The van der Waals surface area contributed by atoms with Crippen LogP contribution in [0.5, 0.6) is 0 Å². The van der Waals surface area contributed by atoms with Crippen LogP contribution in [0.3, 0.4) is 0 Å². The van der Waals surface area contributed by atoms with E-state index >= 15 is 0 Å². The summed E-state index contributed by atoms with van der Waals surface area (Å²) in [6.07, 6.45) is 1.84. The second kappa shape index (κ2) is 3.12. The number of rotatable bonds is 1. The number of aromatic nitrogens is 1. The van der Waals surface area contributed by atoms with Gasteiger partial charge in [-0.2, -0.15) is 0 Å². The fourth-order valence-electron chi connectivity index (χ4n) is 1.22. The molecule has 0 amide bonds. The number of nitrogens with zero attached hydrogens (tertiary/aromatic N) is 3. The third kappa shape index (κ3) is 1.39. The highest BCUT2D eigenvalue weighted by Crippen LogP contribution is 2.28. The van der Waals surface area contributed by atoms with Gasteiger partial charge < -0.3 is 4.98 Å². The van der Waals surface area contributed by atoms with Crippen molar-refractivity contribution in [3.05, 3.63) is 39.3 Å². The lowest BCUT2D eigenvalue weighted by Gasteiger charge is -1.96. The number of benzene rings is 1. The van der Waals surface area contributed by atoms with Crippen molar-refractivity contribution in [2.45, 2.75) is 0 Å². The topological polar surface area (TPSA) is 64.6 Å². The van der Waals surface area contributed by atoms with E-state index in [1.165, 1.54) is 0 Å². The van der Waals surface area contributed by atoms with Gasteiger partial charge in [-0.25, -0.2) is 0 Å². The molecule has 1 aromatic heterocycles. The standard InChI is InChI=1S/C8H5BrN4/c9-7-4-6(12-13-10)3-5-1-2-11-8(5)7/h1-4,11H. The molecule has 1 aromatic carbocycles. The summed E-state index contributed by atoms with van der Waals surface area (Å²) in [5.41, 5.74) is 9.89. The molecule has 0 aliphatic carbocycles. The minimum absolute atomic E-state index is 0.612. The summed E-state index contributed by atoms with van der Waals surface area (Å²) in [4.78, 5) is 5.81. The molecule has 1 heterocycles. The second-order valence-electron chi connectivity index (χ2n) is 2.56. The Balaban J connectivity index is 2.76. The summed E-state index contributed by atoms with van der Waals surface area (Å²) in [6, 6.07) is 5.53. The molecular weight excluding hydrogens is 232 g/mol. The lowest BCUT2D eigenvalue weighted by Crippen LogP contribution is -1.70. The van der Waals surface area contributed by atoms with Gasteiger partial charge >= 0.3 is 0 Å². The Kier molecular flexibility index (Phi) is 1.96. The molecule has 0 saturated carbocycles. The lowest BCUT2D eigenvalue weighted by molar-refractivity contribution is 1.44. The molecule has 0 aliphatic rings. The molecule has 0 unspecified atom stereocenters. The van der Waals surface area contributed by atoms with Gasteiger partial charge in [0.1, 0.15) is 0 Å². The molecule has 0 fully saturated rings. The van der Waals surface area contributed by atoms with Crippen LogP contribution < -0.4 is 0 Å². The van der Waals surface area contributed by atoms with Gasteiger partial charge in [-0.15, -0.1) is 0 Å².